The van der Waals surface area contributed by atoms with Gasteiger partial charge in [-0.25, -0.2) is 5.01 Å². The number of benzene rings is 3. The fourth-order valence-corrected chi connectivity index (χ4v) is 4.22. The third-order valence-electron chi connectivity index (χ3n) is 5.73. The molecule has 1 aromatic heterocycles. The van der Waals surface area contributed by atoms with Crippen LogP contribution >= 0.6 is 11.6 Å². The molecule has 7 heteroatoms. The van der Waals surface area contributed by atoms with E-state index in [0.717, 1.165) is 51.3 Å². The molecule has 2 heterocycles. The van der Waals surface area contributed by atoms with Crippen LogP contribution in [0.5, 0.6) is 5.75 Å². The summed E-state index contributed by atoms with van der Waals surface area (Å²) in [6.07, 6.45) is 3.16. The number of nitrogens with one attached hydrogen (secondary N) is 1. The average molecular weight is 457 g/mol. The van der Waals surface area contributed by atoms with Crippen LogP contribution in [0.2, 0.25) is 5.02 Å². The number of rotatable bonds is 6. The summed E-state index contributed by atoms with van der Waals surface area (Å²) in [5.41, 5.74) is 5.52. The highest BCUT2D eigenvalue weighted by Gasteiger charge is 2.28. The minimum Gasteiger partial charge on any atom is -0.497 e. The molecule has 1 unspecified atom stereocenters. The number of methoxy groups -OCH3 is 1. The Balaban J connectivity index is 1.40. The van der Waals surface area contributed by atoms with Gasteiger partial charge < -0.3 is 10.1 Å². The Labute approximate surface area is 196 Å². The number of fused-ring (bicyclic) bond motifs is 1. The second-order valence-electron chi connectivity index (χ2n) is 7.75. The Hall–Kier alpha value is -3.90. The molecule has 164 valence electrons. The number of halogens is 1. The lowest BCUT2D eigenvalue weighted by Crippen LogP contribution is -2.17. The normalized spacial score (nSPS) is 15.4. The van der Waals surface area contributed by atoms with Crippen molar-refractivity contribution in [3.63, 3.8) is 0 Å². The molecular weight excluding hydrogens is 436 g/mol. The van der Waals surface area contributed by atoms with E-state index < -0.39 is 0 Å². The van der Waals surface area contributed by atoms with Gasteiger partial charge in [-0.2, -0.15) is 5.10 Å². The van der Waals surface area contributed by atoms with Crippen molar-refractivity contribution in [3.8, 4) is 5.75 Å². The second-order valence-corrected chi connectivity index (χ2v) is 8.19. The summed E-state index contributed by atoms with van der Waals surface area (Å²) >= 11 is 6.11. The molecule has 0 spiro atoms. The van der Waals surface area contributed by atoms with Crippen LogP contribution < -0.4 is 10.1 Å². The van der Waals surface area contributed by atoms with Crippen molar-refractivity contribution < 1.29 is 9.53 Å². The molecule has 5 rings (SSSR count). The molecule has 1 aliphatic heterocycles. The summed E-state index contributed by atoms with van der Waals surface area (Å²) in [5, 5.41) is 11.2. The molecule has 0 bridgehead atoms. The molecule has 0 fully saturated rings. The van der Waals surface area contributed by atoms with Gasteiger partial charge in [0, 0.05) is 34.4 Å². The summed E-state index contributed by atoms with van der Waals surface area (Å²) < 4.78 is 5.24. The van der Waals surface area contributed by atoms with Gasteiger partial charge in [0.25, 0.3) is 0 Å². The highest BCUT2D eigenvalue weighted by atomic mass is 35.5. The van der Waals surface area contributed by atoms with Crippen molar-refractivity contribution in [3.05, 3.63) is 95.1 Å². The molecule has 4 aromatic rings. The number of carbonyl (C=O) groups is 1. The number of hydrogen-bond donors (Lipinski definition) is 1. The predicted molar refractivity (Wildman–Crippen MR) is 131 cm³/mol. The third kappa shape index (κ3) is 4.25. The minimum atomic E-state index is -0.145. The van der Waals surface area contributed by atoms with E-state index in [2.05, 4.69) is 15.4 Å². The molecule has 3 aromatic carbocycles. The van der Waals surface area contributed by atoms with Crippen molar-refractivity contribution in [2.45, 2.75) is 12.5 Å². The van der Waals surface area contributed by atoms with E-state index in [1.165, 1.54) is 5.01 Å². The van der Waals surface area contributed by atoms with Gasteiger partial charge in [-0.1, -0.05) is 35.9 Å². The van der Waals surface area contributed by atoms with Crippen LogP contribution in [0.3, 0.4) is 0 Å². The van der Waals surface area contributed by atoms with E-state index >= 15 is 0 Å². The highest BCUT2D eigenvalue weighted by Crippen LogP contribution is 2.33. The largest absolute Gasteiger partial charge is 0.497 e. The van der Waals surface area contributed by atoms with Crippen molar-refractivity contribution in [2.75, 3.05) is 12.4 Å². The Kier molecular flexibility index (Phi) is 5.67. The molecule has 0 aliphatic carbocycles. The van der Waals surface area contributed by atoms with Gasteiger partial charge in [0.2, 0.25) is 6.41 Å². The zero-order valence-corrected chi connectivity index (χ0v) is 18.7. The number of amides is 1. The van der Waals surface area contributed by atoms with Gasteiger partial charge in [-0.15, -0.1) is 0 Å². The quantitative estimate of drug-likeness (QED) is 0.364. The van der Waals surface area contributed by atoms with Crippen LogP contribution in [0.4, 0.5) is 11.4 Å². The van der Waals surface area contributed by atoms with Gasteiger partial charge >= 0.3 is 0 Å². The van der Waals surface area contributed by atoms with Crippen LogP contribution in [0.25, 0.3) is 10.9 Å². The van der Waals surface area contributed by atoms with Crippen molar-refractivity contribution in [2.24, 2.45) is 5.10 Å². The van der Waals surface area contributed by atoms with Crippen LogP contribution in [0.15, 0.2) is 84.1 Å². The van der Waals surface area contributed by atoms with E-state index in [9.17, 15) is 4.79 Å². The van der Waals surface area contributed by atoms with E-state index in [1.54, 1.807) is 13.3 Å². The maximum atomic E-state index is 11.7. The third-order valence-corrected chi connectivity index (χ3v) is 5.97. The number of ether oxygens (including phenoxy) is 1. The Morgan fingerprint density at radius 3 is 2.73 bits per heavy atom. The van der Waals surface area contributed by atoms with Crippen molar-refractivity contribution >= 4 is 46.0 Å². The monoisotopic (exact) mass is 456 g/mol. The van der Waals surface area contributed by atoms with Crippen LogP contribution in [-0.4, -0.2) is 29.2 Å². The fraction of sp³-hybridized carbons (Fsp3) is 0.115. The Morgan fingerprint density at radius 2 is 1.94 bits per heavy atom. The summed E-state index contributed by atoms with van der Waals surface area (Å²) in [4.78, 5) is 16.1. The van der Waals surface area contributed by atoms with Crippen molar-refractivity contribution in [1.29, 1.82) is 0 Å². The van der Waals surface area contributed by atoms with E-state index in [0.29, 0.717) is 11.4 Å². The topological polar surface area (TPSA) is 66.8 Å². The highest BCUT2D eigenvalue weighted by molar-refractivity contribution is 6.31. The van der Waals surface area contributed by atoms with Gasteiger partial charge in [0.15, 0.2) is 0 Å². The predicted octanol–water partition coefficient (Wildman–Crippen LogP) is 5.95. The molecule has 0 radical (unpaired) electrons. The lowest BCUT2D eigenvalue weighted by Gasteiger charge is -2.17. The number of hydrogen-bond acceptors (Lipinski definition) is 5. The Morgan fingerprint density at radius 1 is 1.09 bits per heavy atom. The Bertz CT molecular complexity index is 1350. The molecular formula is C26H21ClN4O2. The summed E-state index contributed by atoms with van der Waals surface area (Å²) in [6, 6.07) is 23.2. The SMILES string of the molecule is COc1ccc(C2CC(c3cccc(Nc4ccnc5cc(Cl)ccc45)c3)=NN2C=O)cc1. The lowest BCUT2D eigenvalue weighted by molar-refractivity contribution is -0.119. The van der Waals surface area contributed by atoms with Crippen molar-refractivity contribution in [1.82, 2.24) is 9.99 Å². The first-order chi connectivity index (χ1) is 16.1. The van der Waals surface area contributed by atoms with Gasteiger partial charge in [0.1, 0.15) is 5.75 Å². The maximum absolute atomic E-state index is 11.7. The first-order valence-electron chi connectivity index (χ1n) is 10.5. The summed E-state index contributed by atoms with van der Waals surface area (Å²) in [6.45, 7) is 0. The number of hydrazone groups is 1. The molecule has 0 saturated carbocycles. The second kappa shape index (κ2) is 8.92. The maximum Gasteiger partial charge on any atom is 0.230 e. The summed E-state index contributed by atoms with van der Waals surface area (Å²) in [5.74, 6) is 0.778. The number of anilines is 2. The number of carbonyl (C=O) groups excluding carboxylic acids is 1. The minimum absolute atomic E-state index is 0.145. The average Bonchev–Trinajstić information content (AvgIpc) is 3.29. The smallest absolute Gasteiger partial charge is 0.230 e. The fourth-order valence-electron chi connectivity index (χ4n) is 4.06. The number of aromatic nitrogens is 1. The molecule has 33 heavy (non-hydrogen) atoms. The van der Waals surface area contributed by atoms with E-state index in [-0.39, 0.29) is 6.04 Å². The molecule has 6 nitrogen and oxygen atoms in total. The van der Waals surface area contributed by atoms with Crippen LogP contribution in [0, 0.1) is 0 Å². The molecule has 1 atom stereocenters. The first-order valence-corrected chi connectivity index (χ1v) is 10.9. The van der Waals surface area contributed by atoms with Crippen LogP contribution in [-0.2, 0) is 4.79 Å². The van der Waals surface area contributed by atoms with Crippen LogP contribution in [0.1, 0.15) is 23.6 Å². The number of pyridine rings is 1. The zero-order chi connectivity index (χ0) is 22.8. The standard InChI is InChI=1S/C26H21ClN4O2/c1-33-21-8-5-17(6-9-21)26-15-24(30-31(26)16-32)18-3-2-4-20(13-18)29-23-11-12-28-25-14-19(27)7-10-22(23)25/h2-14,16,26H,15H2,1H3,(H,28,29). The van der Waals surface area contributed by atoms with Gasteiger partial charge in [-0.3, -0.25) is 9.78 Å². The lowest BCUT2D eigenvalue weighted by atomic mass is 9.98. The molecule has 1 N–H and O–H groups in total. The van der Waals surface area contributed by atoms with Gasteiger partial charge in [-0.05, 0) is 59.7 Å². The molecule has 0 saturated heterocycles. The van der Waals surface area contributed by atoms with Gasteiger partial charge in [0.05, 0.1) is 24.4 Å². The zero-order valence-electron chi connectivity index (χ0n) is 17.9. The van der Waals surface area contributed by atoms with E-state index in [1.807, 2.05) is 72.8 Å². The molecule has 1 amide bonds. The first kappa shape index (κ1) is 21.0. The molecule has 1 aliphatic rings. The summed E-state index contributed by atoms with van der Waals surface area (Å²) in [7, 11) is 1.63. The number of nitrogens with zero attached hydrogens (tertiary/aromatic N) is 3. The van der Waals surface area contributed by atoms with E-state index in [4.69, 9.17) is 16.3 Å².